The van der Waals surface area contributed by atoms with E-state index in [9.17, 15) is 9.90 Å². The van der Waals surface area contributed by atoms with Crippen molar-refractivity contribution in [3.63, 3.8) is 0 Å². The predicted octanol–water partition coefficient (Wildman–Crippen LogP) is 13.9. The standard InChI is InChI=1S/C45H82O4/c1-3-5-7-9-11-13-15-17-19-21-23-24-26-28-30-32-34-36-38-40-45(47)49-44(42-46)43-48-41-39-37-35-33-31-29-27-25-22-20-18-16-14-12-10-8-6-4-2/h11-14,17-20,44,46H,3-10,15-16,21-43H2,1-2H3/b13-11-,14-12-,19-17-,20-18-. The average molecular weight is 687 g/mol. The van der Waals surface area contributed by atoms with E-state index >= 15 is 0 Å². The first kappa shape index (κ1) is 47.4. The molecule has 0 aromatic carbocycles. The Labute approximate surface area is 305 Å². The fourth-order valence-corrected chi connectivity index (χ4v) is 5.92. The normalized spacial score (nSPS) is 12.8. The fraction of sp³-hybridized carbons (Fsp3) is 0.800. The highest BCUT2D eigenvalue weighted by Gasteiger charge is 2.13. The van der Waals surface area contributed by atoms with Gasteiger partial charge in [0.25, 0.3) is 0 Å². The highest BCUT2D eigenvalue weighted by Crippen LogP contribution is 2.13. The van der Waals surface area contributed by atoms with E-state index < -0.39 is 6.10 Å². The first-order valence-electron chi connectivity index (χ1n) is 21.2. The van der Waals surface area contributed by atoms with Gasteiger partial charge in [-0.3, -0.25) is 4.79 Å². The molecule has 0 amide bonds. The van der Waals surface area contributed by atoms with E-state index in [-0.39, 0.29) is 12.6 Å². The van der Waals surface area contributed by atoms with E-state index in [4.69, 9.17) is 9.47 Å². The van der Waals surface area contributed by atoms with E-state index in [1.54, 1.807) is 0 Å². The van der Waals surface area contributed by atoms with Crippen molar-refractivity contribution in [2.75, 3.05) is 19.8 Å². The van der Waals surface area contributed by atoms with Crippen LogP contribution in [0.4, 0.5) is 0 Å². The summed E-state index contributed by atoms with van der Waals surface area (Å²) in [6.07, 6.45) is 54.5. The average Bonchev–Trinajstić information content (AvgIpc) is 3.11. The van der Waals surface area contributed by atoms with Crippen LogP contribution in [0.2, 0.25) is 0 Å². The zero-order valence-corrected chi connectivity index (χ0v) is 32.7. The molecule has 0 aromatic rings. The largest absolute Gasteiger partial charge is 0.457 e. The number of aliphatic hydroxyl groups excluding tert-OH is 1. The summed E-state index contributed by atoms with van der Waals surface area (Å²) in [5.41, 5.74) is 0. The molecule has 0 saturated heterocycles. The van der Waals surface area contributed by atoms with E-state index in [1.807, 2.05) is 0 Å². The molecule has 4 nitrogen and oxygen atoms in total. The molecule has 0 rings (SSSR count). The molecule has 0 bridgehead atoms. The van der Waals surface area contributed by atoms with Crippen LogP contribution in [-0.2, 0) is 14.3 Å². The van der Waals surface area contributed by atoms with Crippen LogP contribution < -0.4 is 0 Å². The minimum atomic E-state index is -0.540. The molecule has 0 aliphatic carbocycles. The van der Waals surface area contributed by atoms with E-state index in [0.29, 0.717) is 19.6 Å². The third-order valence-electron chi connectivity index (χ3n) is 9.13. The number of rotatable bonds is 39. The van der Waals surface area contributed by atoms with Crippen LogP contribution in [0.25, 0.3) is 0 Å². The lowest BCUT2D eigenvalue weighted by Crippen LogP contribution is -2.27. The zero-order valence-electron chi connectivity index (χ0n) is 32.7. The van der Waals surface area contributed by atoms with Crippen molar-refractivity contribution in [3.05, 3.63) is 48.6 Å². The molecule has 0 aliphatic rings. The van der Waals surface area contributed by atoms with E-state index in [0.717, 1.165) is 32.1 Å². The SMILES string of the molecule is CCCCC/C=C\C/C=C\CCCCCCCCCCCC(=O)OC(CO)COCCCCCCCCCC/C=C\C/C=C\CCCCC. The van der Waals surface area contributed by atoms with Gasteiger partial charge in [0.15, 0.2) is 0 Å². The van der Waals surface area contributed by atoms with Crippen molar-refractivity contribution < 1.29 is 19.4 Å². The summed E-state index contributed by atoms with van der Waals surface area (Å²) in [5, 5.41) is 9.60. The highest BCUT2D eigenvalue weighted by atomic mass is 16.6. The molecule has 0 radical (unpaired) electrons. The Balaban J connectivity index is 3.45. The summed E-state index contributed by atoms with van der Waals surface area (Å²) in [7, 11) is 0. The molecule has 1 unspecified atom stereocenters. The summed E-state index contributed by atoms with van der Waals surface area (Å²) < 4.78 is 11.2. The number of hydrogen-bond donors (Lipinski definition) is 1. The fourth-order valence-electron chi connectivity index (χ4n) is 5.92. The Kier molecular flexibility index (Phi) is 41.1. The second-order valence-corrected chi connectivity index (χ2v) is 14.1. The summed E-state index contributed by atoms with van der Waals surface area (Å²) in [5.74, 6) is -0.207. The molecule has 0 aromatic heterocycles. The number of hydrogen-bond acceptors (Lipinski definition) is 4. The van der Waals surface area contributed by atoms with Gasteiger partial charge in [-0.15, -0.1) is 0 Å². The van der Waals surface area contributed by atoms with Crippen LogP contribution in [0.15, 0.2) is 48.6 Å². The minimum Gasteiger partial charge on any atom is -0.457 e. The van der Waals surface area contributed by atoms with Crippen LogP contribution >= 0.6 is 0 Å². The number of ether oxygens (including phenoxy) is 2. The van der Waals surface area contributed by atoms with Crippen molar-refractivity contribution in [1.29, 1.82) is 0 Å². The topological polar surface area (TPSA) is 55.8 Å². The van der Waals surface area contributed by atoms with Crippen molar-refractivity contribution >= 4 is 5.97 Å². The van der Waals surface area contributed by atoms with E-state index in [1.165, 1.54) is 154 Å². The predicted molar refractivity (Wildman–Crippen MR) is 214 cm³/mol. The smallest absolute Gasteiger partial charge is 0.306 e. The molecule has 0 spiro atoms. The molecular weight excluding hydrogens is 604 g/mol. The lowest BCUT2D eigenvalue weighted by molar-refractivity contribution is -0.154. The van der Waals surface area contributed by atoms with Gasteiger partial charge in [0.1, 0.15) is 6.10 Å². The molecule has 286 valence electrons. The molecular formula is C45H82O4. The second-order valence-electron chi connectivity index (χ2n) is 14.1. The van der Waals surface area contributed by atoms with E-state index in [2.05, 4.69) is 62.5 Å². The van der Waals surface area contributed by atoms with Crippen LogP contribution in [0.3, 0.4) is 0 Å². The van der Waals surface area contributed by atoms with Gasteiger partial charge in [-0.05, 0) is 77.0 Å². The number of carbonyl (C=O) groups is 1. The molecule has 1 N–H and O–H groups in total. The van der Waals surface area contributed by atoms with Crippen LogP contribution in [0.1, 0.15) is 206 Å². The van der Waals surface area contributed by atoms with Crippen molar-refractivity contribution in [1.82, 2.24) is 0 Å². The number of aliphatic hydroxyl groups is 1. The lowest BCUT2D eigenvalue weighted by atomic mass is 10.1. The lowest BCUT2D eigenvalue weighted by Gasteiger charge is -2.16. The van der Waals surface area contributed by atoms with Crippen molar-refractivity contribution in [3.8, 4) is 0 Å². The highest BCUT2D eigenvalue weighted by molar-refractivity contribution is 5.69. The van der Waals surface area contributed by atoms with Gasteiger partial charge in [0, 0.05) is 13.0 Å². The third-order valence-corrected chi connectivity index (χ3v) is 9.13. The number of carbonyl (C=O) groups excluding carboxylic acids is 1. The van der Waals surface area contributed by atoms with Crippen LogP contribution in [0, 0.1) is 0 Å². The molecule has 0 aliphatic heterocycles. The van der Waals surface area contributed by atoms with Gasteiger partial charge in [-0.25, -0.2) is 0 Å². The number of allylic oxidation sites excluding steroid dienone is 8. The number of unbranched alkanes of at least 4 members (excludes halogenated alkanes) is 23. The molecule has 0 fully saturated rings. The Morgan fingerprint density at radius 3 is 1.27 bits per heavy atom. The Morgan fingerprint density at radius 1 is 0.490 bits per heavy atom. The van der Waals surface area contributed by atoms with Crippen LogP contribution in [-0.4, -0.2) is 37.0 Å². The maximum absolute atomic E-state index is 12.2. The zero-order chi connectivity index (χ0) is 35.6. The Bertz CT molecular complexity index is 768. The minimum absolute atomic E-state index is 0.176. The molecule has 49 heavy (non-hydrogen) atoms. The molecule has 0 saturated carbocycles. The maximum Gasteiger partial charge on any atom is 0.306 e. The molecule has 0 heterocycles. The van der Waals surface area contributed by atoms with Gasteiger partial charge >= 0.3 is 5.97 Å². The van der Waals surface area contributed by atoms with Crippen LogP contribution in [0.5, 0.6) is 0 Å². The van der Waals surface area contributed by atoms with Crippen molar-refractivity contribution in [2.45, 2.75) is 213 Å². The second kappa shape index (κ2) is 42.5. The Morgan fingerprint density at radius 2 is 0.857 bits per heavy atom. The van der Waals surface area contributed by atoms with Gasteiger partial charge in [0.05, 0.1) is 13.2 Å². The molecule has 1 atom stereocenters. The van der Waals surface area contributed by atoms with Crippen molar-refractivity contribution in [2.24, 2.45) is 0 Å². The number of esters is 1. The Hall–Kier alpha value is -1.65. The van der Waals surface area contributed by atoms with Gasteiger partial charge in [-0.2, -0.15) is 0 Å². The summed E-state index contributed by atoms with van der Waals surface area (Å²) >= 11 is 0. The summed E-state index contributed by atoms with van der Waals surface area (Å²) in [6, 6.07) is 0. The monoisotopic (exact) mass is 687 g/mol. The summed E-state index contributed by atoms with van der Waals surface area (Å²) in [4.78, 5) is 12.2. The van der Waals surface area contributed by atoms with Gasteiger partial charge in [-0.1, -0.05) is 172 Å². The summed E-state index contributed by atoms with van der Waals surface area (Å²) in [6.45, 7) is 5.29. The van der Waals surface area contributed by atoms with Gasteiger partial charge in [0.2, 0.25) is 0 Å². The molecule has 4 heteroatoms. The first-order chi connectivity index (χ1) is 24.2. The first-order valence-corrected chi connectivity index (χ1v) is 21.2. The third kappa shape index (κ3) is 40.7. The quantitative estimate of drug-likeness (QED) is 0.0397. The van der Waals surface area contributed by atoms with Gasteiger partial charge < -0.3 is 14.6 Å². The maximum atomic E-state index is 12.2.